The molecule has 5 heteroatoms. The van der Waals surface area contributed by atoms with Crippen molar-refractivity contribution in [1.29, 1.82) is 0 Å². The maximum absolute atomic E-state index is 5.16. The van der Waals surface area contributed by atoms with E-state index in [1.165, 1.54) is 0 Å². The summed E-state index contributed by atoms with van der Waals surface area (Å²) in [6, 6.07) is 42.5. The highest BCUT2D eigenvalue weighted by molar-refractivity contribution is 6.08. The molecule has 0 fully saturated rings. The lowest BCUT2D eigenvalue weighted by Crippen LogP contribution is -1.99. The van der Waals surface area contributed by atoms with Gasteiger partial charge in [-0.2, -0.15) is 0 Å². The molecule has 4 aromatic heterocycles. The minimum atomic E-state index is 0.280. The standard InChI is InChI=1S/C42H35N5/c1-26(2)37-22-20-31-19-21-34-35(24-38(27(3)4)44-40(34)39(31)43-37)30-15-17-32(18-16-30)41-45-42-36(29-13-9-6-10-14-29)23-33(25-47(42)46-41)28-11-7-5-8-12-28/h5-27H,1-4H3. The van der Waals surface area contributed by atoms with E-state index in [9.17, 15) is 0 Å². The fraction of sp³-hybridized carbons (Fsp3) is 0.143. The monoisotopic (exact) mass is 609 g/mol. The highest BCUT2D eigenvalue weighted by Gasteiger charge is 2.17. The molecule has 5 nitrogen and oxygen atoms in total. The van der Waals surface area contributed by atoms with Crippen molar-refractivity contribution in [1.82, 2.24) is 24.6 Å². The molecular formula is C42H35N5. The van der Waals surface area contributed by atoms with Crippen molar-refractivity contribution < 1.29 is 0 Å². The summed E-state index contributed by atoms with van der Waals surface area (Å²) in [5.74, 6) is 1.32. The summed E-state index contributed by atoms with van der Waals surface area (Å²) in [6.45, 7) is 8.76. The second kappa shape index (κ2) is 11.6. The predicted octanol–water partition coefficient (Wildman–Crippen LogP) is 10.7. The van der Waals surface area contributed by atoms with E-state index < -0.39 is 0 Å². The summed E-state index contributed by atoms with van der Waals surface area (Å²) >= 11 is 0. The Bertz CT molecular complexity index is 2390. The Morgan fingerprint density at radius 3 is 1.81 bits per heavy atom. The summed E-state index contributed by atoms with van der Waals surface area (Å²) in [5.41, 5.74) is 12.5. The summed E-state index contributed by atoms with van der Waals surface area (Å²) < 4.78 is 1.92. The molecule has 0 atom stereocenters. The summed E-state index contributed by atoms with van der Waals surface area (Å²) in [7, 11) is 0. The van der Waals surface area contributed by atoms with Gasteiger partial charge in [-0.1, -0.05) is 131 Å². The zero-order valence-electron chi connectivity index (χ0n) is 27.0. The van der Waals surface area contributed by atoms with Crippen molar-refractivity contribution in [2.24, 2.45) is 0 Å². The van der Waals surface area contributed by atoms with Gasteiger partial charge < -0.3 is 0 Å². The summed E-state index contributed by atoms with van der Waals surface area (Å²) in [6.07, 6.45) is 2.07. The number of aromatic nitrogens is 5. The zero-order chi connectivity index (χ0) is 32.1. The predicted molar refractivity (Wildman–Crippen MR) is 194 cm³/mol. The molecule has 0 unspecified atom stereocenters. The van der Waals surface area contributed by atoms with Crippen molar-refractivity contribution in [3.05, 3.63) is 139 Å². The van der Waals surface area contributed by atoms with E-state index in [-0.39, 0.29) is 5.92 Å². The number of hydrogen-bond acceptors (Lipinski definition) is 4. The van der Waals surface area contributed by atoms with Crippen LogP contribution >= 0.6 is 0 Å². The van der Waals surface area contributed by atoms with Gasteiger partial charge in [0.05, 0.1) is 11.0 Å². The second-order valence-corrected chi connectivity index (χ2v) is 12.8. The van der Waals surface area contributed by atoms with E-state index in [4.69, 9.17) is 20.1 Å². The second-order valence-electron chi connectivity index (χ2n) is 12.8. The molecule has 0 amide bonds. The summed E-state index contributed by atoms with van der Waals surface area (Å²) in [4.78, 5) is 15.3. The smallest absolute Gasteiger partial charge is 0.182 e. The Kier molecular flexibility index (Phi) is 7.10. The van der Waals surface area contributed by atoms with Crippen LogP contribution in [0.4, 0.5) is 0 Å². The van der Waals surface area contributed by atoms with Crippen LogP contribution in [0.25, 0.3) is 72.2 Å². The fourth-order valence-electron chi connectivity index (χ4n) is 6.29. The molecule has 0 saturated heterocycles. The molecule has 4 heterocycles. The molecule has 0 saturated carbocycles. The van der Waals surface area contributed by atoms with Crippen LogP contribution in [0.2, 0.25) is 0 Å². The Morgan fingerprint density at radius 2 is 1.11 bits per heavy atom. The normalized spacial score (nSPS) is 11.8. The van der Waals surface area contributed by atoms with Gasteiger partial charge in [0.25, 0.3) is 0 Å². The molecule has 0 N–H and O–H groups in total. The van der Waals surface area contributed by atoms with Crippen LogP contribution in [0.15, 0.2) is 128 Å². The van der Waals surface area contributed by atoms with Crippen molar-refractivity contribution in [3.8, 4) is 44.8 Å². The van der Waals surface area contributed by atoms with Crippen LogP contribution in [-0.2, 0) is 0 Å². The third kappa shape index (κ3) is 5.24. The third-order valence-corrected chi connectivity index (χ3v) is 8.94. The molecule has 0 aliphatic carbocycles. The Labute approximate surface area is 274 Å². The van der Waals surface area contributed by atoms with Crippen molar-refractivity contribution in [2.45, 2.75) is 39.5 Å². The molecule has 228 valence electrons. The van der Waals surface area contributed by atoms with E-state index in [0.29, 0.717) is 11.7 Å². The highest BCUT2D eigenvalue weighted by atomic mass is 15.3. The first-order chi connectivity index (χ1) is 22.9. The van der Waals surface area contributed by atoms with Gasteiger partial charge in [-0.3, -0.25) is 9.97 Å². The first kappa shape index (κ1) is 28.8. The van der Waals surface area contributed by atoms with Crippen molar-refractivity contribution in [3.63, 3.8) is 0 Å². The number of rotatable bonds is 6. The van der Waals surface area contributed by atoms with Gasteiger partial charge in [-0.05, 0) is 52.3 Å². The molecule has 4 aromatic carbocycles. The van der Waals surface area contributed by atoms with Gasteiger partial charge in [-0.15, -0.1) is 5.10 Å². The third-order valence-electron chi connectivity index (χ3n) is 8.94. The van der Waals surface area contributed by atoms with Crippen LogP contribution < -0.4 is 0 Å². The van der Waals surface area contributed by atoms with E-state index in [2.05, 4.69) is 143 Å². The molecule has 0 spiro atoms. The zero-order valence-corrected chi connectivity index (χ0v) is 27.0. The van der Waals surface area contributed by atoms with Crippen LogP contribution in [0, 0.1) is 0 Å². The van der Waals surface area contributed by atoms with E-state index in [1.54, 1.807) is 0 Å². The lowest BCUT2D eigenvalue weighted by molar-refractivity contribution is 0.826. The number of fused-ring (bicyclic) bond motifs is 4. The number of pyridine rings is 3. The summed E-state index contributed by atoms with van der Waals surface area (Å²) in [5, 5.41) is 7.21. The SMILES string of the molecule is CC(C)c1ccc2ccc3c(-c4ccc(-c5nc6c(-c7ccccc7)cc(-c7ccccc7)cn6n5)cc4)cc(C(C)C)nc3c2n1. The average molecular weight is 610 g/mol. The van der Waals surface area contributed by atoms with E-state index >= 15 is 0 Å². The molecule has 47 heavy (non-hydrogen) atoms. The van der Waals surface area contributed by atoms with Gasteiger partial charge in [0, 0.05) is 45.0 Å². The Balaban J connectivity index is 1.25. The minimum Gasteiger partial charge on any atom is -0.250 e. The maximum Gasteiger partial charge on any atom is 0.182 e. The van der Waals surface area contributed by atoms with Crippen LogP contribution in [-0.4, -0.2) is 24.6 Å². The van der Waals surface area contributed by atoms with Gasteiger partial charge >= 0.3 is 0 Å². The van der Waals surface area contributed by atoms with E-state index in [1.807, 2.05) is 16.6 Å². The molecule has 8 rings (SSSR count). The van der Waals surface area contributed by atoms with Crippen LogP contribution in [0.5, 0.6) is 0 Å². The van der Waals surface area contributed by atoms with Crippen LogP contribution in [0.3, 0.4) is 0 Å². The molecule has 8 aromatic rings. The van der Waals surface area contributed by atoms with Crippen LogP contribution in [0.1, 0.15) is 50.9 Å². The van der Waals surface area contributed by atoms with Gasteiger partial charge in [-0.25, -0.2) is 9.50 Å². The number of nitrogens with zero attached hydrogens (tertiary/aromatic N) is 5. The molecule has 0 aliphatic heterocycles. The number of hydrogen-bond donors (Lipinski definition) is 0. The molecule has 0 bridgehead atoms. The topological polar surface area (TPSA) is 56.0 Å². The Morgan fingerprint density at radius 1 is 0.489 bits per heavy atom. The minimum absolute atomic E-state index is 0.280. The maximum atomic E-state index is 5.16. The average Bonchev–Trinajstić information content (AvgIpc) is 3.55. The van der Waals surface area contributed by atoms with Crippen molar-refractivity contribution >= 4 is 27.5 Å². The quantitative estimate of drug-likeness (QED) is 0.176. The van der Waals surface area contributed by atoms with E-state index in [0.717, 1.165) is 77.8 Å². The van der Waals surface area contributed by atoms with Crippen molar-refractivity contribution in [2.75, 3.05) is 0 Å². The number of benzene rings is 4. The first-order valence-corrected chi connectivity index (χ1v) is 16.3. The molecule has 0 aliphatic rings. The molecule has 0 radical (unpaired) electrons. The highest BCUT2D eigenvalue weighted by Crippen LogP contribution is 2.36. The molecular weight excluding hydrogens is 574 g/mol. The Hall–Kier alpha value is -5.68. The largest absolute Gasteiger partial charge is 0.250 e. The lowest BCUT2D eigenvalue weighted by Gasteiger charge is -2.14. The van der Waals surface area contributed by atoms with Gasteiger partial charge in [0.1, 0.15) is 0 Å². The lowest BCUT2D eigenvalue weighted by atomic mass is 9.95. The van der Waals surface area contributed by atoms with Gasteiger partial charge in [0.2, 0.25) is 0 Å². The van der Waals surface area contributed by atoms with Gasteiger partial charge in [0.15, 0.2) is 11.5 Å². The fourth-order valence-corrected chi connectivity index (χ4v) is 6.29. The first-order valence-electron chi connectivity index (χ1n) is 16.3.